The van der Waals surface area contributed by atoms with Crippen LogP contribution in [0.1, 0.15) is 19.4 Å². The van der Waals surface area contributed by atoms with Crippen LogP contribution in [-0.2, 0) is 14.8 Å². The maximum Gasteiger partial charge on any atom is 0.243 e. The van der Waals surface area contributed by atoms with Gasteiger partial charge in [-0.25, -0.2) is 13.1 Å². The maximum absolute atomic E-state index is 12.8. The first-order valence-electron chi connectivity index (χ1n) is 9.55. The Kier molecular flexibility index (Phi) is 7.03. The van der Waals surface area contributed by atoms with Crippen LogP contribution in [0.3, 0.4) is 0 Å². The van der Waals surface area contributed by atoms with Crippen molar-refractivity contribution in [3.63, 3.8) is 0 Å². The van der Waals surface area contributed by atoms with Gasteiger partial charge in [0.05, 0.1) is 16.9 Å². The van der Waals surface area contributed by atoms with Crippen LogP contribution in [-0.4, -0.2) is 52.3 Å². The van der Waals surface area contributed by atoms with Crippen LogP contribution in [0.4, 0.5) is 5.69 Å². The number of nitrogens with one attached hydrogen (secondary N) is 1. The van der Waals surface area contributed by atoms with Crippen molar-refractivity contribution in [1.82, 2.24) is 19.2 Å². The minimum absolute atomic E-state index is 0.0138. The molecule has 12 heteroatoms. The molecule has 0 spiro atoms. The highest BCUT2D eigenvalue weighted by atomic mass is 32.2. The van der Waals surface area contributed by atoms with Crippen LogP contribution in [0.2, 0.25) is 0 Å². The van der Waals surface area contributed by atoms with E-state index in [1.165, 1.54) is 21.3 Å². The highest BCUT2D eigenvalue weighted by molar-refractivity contribution is 7.99. The summed E-state index contributed by atoms with van der Waals surface area (Å²) in [7, 11) is -3.63. The number of rotatable bonds is 9. The number of anilines is 1. The molecule has 0 bridgehead atoms. The summed E-state index contributed by atoms with van der Waals surface area (Å²) in [6, 6.07) is 8.11. The summed E-state index contributed by atoms with van der Waals surface area (Å²) in [6.45, 7) is 6.09. The lowest BCUT2D eigenvalue weighted by molar-refractivity contribution is -0.113. The number of nitrogen functional groups attached to an aromatic ring is 1. The van der Waals surface area contributed by atoms with Crippen molar-refractivity contribution in [3.8, 4) is 11.6 Å². The Bertz CT molecular complexity index is 1150. The molecule has 3 aromatic rings. The van der Waals surface area contributed by atoms with E-state index in [2.05, 4.69) is 15.5 Å². The second-order valence-corrected chi connectivity index (χ2v) is 9.44. The van der Waals surface area contributed by atoms with E-state index < -0.39 is 10.0 Å². The van der Waals surface area contributed by atoms with Gasteiger partial charge in [0.25, 0.3) is 0 Å². The highest BCUT2D eigenvalue weighted by Crippen LogP contribution is 2.25. The first-order chi connectivity index (χ1) is 14.8. The molecular formula is C19H24N6O4S2. The average molecular weight is 465 g/mol. The fraction of sp³-hybridized carbons (Fsp3) is 0.316. The monoisotopic (exact) mass is 464 g/mol. The first kappa shape index (κ1) is 22.8. The van der Waals surface area contributed by atoms with E-state index in [9.17, 15) is 13.2 Å². The molecule has 10 nitrogen and oxygen atoms in total. The summed E-state index contributed by atoms with van der Waals surface area (Å²) < 4.78 is 33.4. The Hall–Kier alpha value is -2.83. The molecule has 3 rings (SSSR count). The summed E-state index contributed by atoms with van der Waals surface area (Å²) in [5.74, 6) is 6.49. The molecule has 0 fully saturated rings. The number of hydrogen-bond acceptors (Lipinski definition) is 8. The number of aromatic nitrogens is 3. The molecular weight excluding hydrogens is 440 g/mol. The molecule has 31 heavy (non-hydrogen) atoms. The molecule has 0 atom stereocenters. The van der Waals surface area contributed by atoms with Gasteiger partial charge in [-0.3, -0.25) is 4.79 Å². The standard InChI is InChI=1S/C19H24N6O4S2/c1-4-24(5-2)31(27,28)14-9-8-13(3)15(11-14)21-17(26)12-30-19-23-22-18(25(19)20)16-7-6-10-29-16/h6-11H,4-5,12,20H2,1-3H3,(H,21,26). The van der Waals surface area contributed by atoms with E-state index in [4.69, 9.17) is 10.3 Å². The van der Waals surface area contributed by atoms with Gasteiger partial charge in [0, 0.05) is 18.8 Å². The highest BCUT2D eigenvalue weighted by Gasteiger charge is 2.23. The number of aryl methyl sites for hydroxylation is 1. The van der Waals surface area contributed by atoms with Gasteiger partial charge in [-0.15, -0.1) is 10.2 Å². The number of thioether (sulfide) groups is 1. The summed E-state index contributed by atoms with van der Waals surface area (Å²) in [6.07, 6.45) is 1.50. The normalized spacial score (nSPS) is 11.7. The van der Waals surface area contributed by atoms with E-state index in [0.29, 0.717) is 35.5 Å². The number of nitrogens with two attached hydrogens (primary N) is 1. The van der Waals surface area contributed by atoms with E-state index in [0.717, 1.165) is 17.3 Å². The topological polar surface area (TPSA) is 136 Å². The molecule has 0 aliphatic carbocycles. The molecule has 2 heterocycles. The quantitative estimate of drug-likeness (QED) is 0.364. The number of sulfonamides is 1. The van der Waals surface area contributed by atoms with Crippen molar-refractivity contribution in [2.45, 2.75) is 30.8 Å². The molecule has 0 aliphatic rings. The predicted octanol–water partition coefficient (Wildman–Crippen LogP) is 2.32. The number of nitrogens with zero attached hydrogens (tertiary/aromatic N) is 4. The van der Waals surface area contributed by atoms with Crippen LogP contribution >= 0.6 is 11.8 Å². The van der Waals surface area contributed by atoms with Gasteiger partial charge in [0.15, 0.2) is 5.76 Å². The molecule has 3 N–H and O–H groups in total. The van der Waals surface area contributed by atoms with E-state index in [1.807, 2.05) is 0 Å². The Morgan fingerprint density at radius 1 is 1.26 bits per heavy atom. The number of benzene rings is 1. The zero-order chi connectivity index (χ0) is 22.6. The third kappa shape index (κ3) is 4.92. The Morgan fingerprint density at radius 3 is 2.65 bits per heavy atom. The van der Waals surface area contributed by atoms with E-state index in [1.54, 1.807) is 45.0 Å². The van der Waals surface area contributed by atoms with Crippen LogP contribution in [0.15, 0.2) is 51.1 Å². The smallest absolute Gasteiger partial charge is 0.243 e. The fourth-order valence-electron chi connectivity index (χ4n) is 2.87. The van der Waals surface area contributed by atoms with Gasteiger partial charge in [0.1, 0.15) is 0 Å². The van der Waals surface area contributed by atoms with Crippen molar-refractivity contribution in [2.75, 3.05) is 30.0 Å². The van der Waals surface area contributed by atoms with Gasteiger partial charge in [-0.2, -0.15) is 4.31 Å². The van der Waals surface area contributed by atoms with Crippen LogP contribution in [0.25, 0.3) is 11.6 Å². The predicted molar refractivity (Wildman–Crippen MR) is 119 cm³/mol. The SMILES string of the molecule is CCN(CC)S(=O)(=O)c1ccc(C)c(NC(=O)CSc2nnc(-c3ccco3)n2N)c1. The van der Waals surface area contributed by atoms with Gasteiger partial charge < -0.3 is 15.6 Å². The van der Waals surface area contributed by atoms with Crippen LogP contribution in [0.5, 0.6) is 0 Å². The van der Waals surface area contributed by atoms with Crippen molar-refractivity contribution >= 4 is 33.4 Å². The number of furan rings is 1. The fourth-order valence-corrected chi connectivity index (χ4v) is 5.02. The largest absolute Gasteiger partial charge is 0.461 e. The number of amides is 1. The third-order valence-corrected chi connectivity index (χ3v) is 7.55. The lowest BCUT2D eigenvalue weighted by Gasteiger charge is -2.19. The lowest BCUT2D eigenvalue weighted by atomic mass is 10.2. The van der Waals surface area contributed by atoms with E-state index in [-0.39, 0.29) is 16.6 Å². The number of carbonyl (C=O) groups is 1. The molecule has 0 radical (unpaired) electrons. The summed E-state index contributed by atoms with van der Waals surface area (Å²) in [5, 5.41) is 11.1. The van der Waals surface area contributed by atoms with Crippen molar-refractivity contribution in [1.29, 1.82) is 0 Å². The second-order valence-electron chi connectivity index (χ2n) is 6.56. The molecule has 0 saturated heterocycles. The number of carbonyl (C=O) groups excluding carboxylic acids is 1. The molecule has 1 aromatic carbocycles. The van der Waals surface area contributed by atoms with Gasteiger partial charge in [-0.05, 0) is 36.8 Å². The summed E-state index contributed by atoms with van der Waals surface area (Å²) >= 11 is 1.10. The Labute approximate surface area is 184 Å². The summed E-state index contributed by atoms with van der Waals surface area (Å²) in [5.41, 5.74) is 1.18. The molecule has 0 aliphatic heterocycles. The minimum atomic E-state index is -3.63. The average Bonchev–Trinajstić information content (AvgIpc) is 3.38. The van der Waals surface area contributed by atoms with Crippen molar-refractivity contribution in [3.05, 3.63) is 42.2 Å². The van der Waals surface area contributed by atoms with Crippen molar-refractivity contribution < 1.29 is 17.6 Å². The minimum Gasteiger partial charge on any atom is -0.461 e. The maximum atomic E-state index is 12.8. The van der Waals surface area contributed by atoms with Crippen LogP contribution < -0.4 is 11.2 Å². The van der Waals surface area contributed by atoms with Crippen LogP contribution in [0, 0.1) is 6.92 Å². The molecule has 1 amide bonds. The first-order valence-corrected chi connectivity index (χ1v) is 12.0. The lowest BCUT2D eigenvalue weighted by Crippen LogP contribution is -2.30. The molecule has 166 valence electrons. The van der Waals surface area contributed by atoms with Crippen molar-refractivity contribution in [2.24, 2.45) is 0 Å². The number of hydrogen-bond donors (Lipinski definition) is 2. The zero-order valence-electron chi connectivity index (χ0n) is 17.4. The van der Waals surface area contributed by atoms with Gasteiger partial charge >= 0.3 is 0 Å². The zero-order valence-corrected chi connectivity index (χ0v) is 19.0. The molecule has 0 unspecified atom stereocenters. The molecule has 0 saturated carbocycles. The molecule has 2 aromatic heterocycles. The summed E-state index contributed by atoms with van der Waals surface area (Å²) in [4.78, 5) is 12.6. The third-order valence-electron chi connectivity index (χ3n) is 4.56. The van der Waals surface area contributed by atoms with Gasteiger partial charge in [-0.1, -0.05) is 31.7 Å². The second kappa shape index (κ2) is 9.54. The Morgan fingerprint density at radius 2 is 2.00 bits per heavy atom. The Balaban J connectivity index is 1.70. The van der Waals surface area contributed by atoms with E-state index >= 15 is 0 Å². The van der Waals surface area contributed by atoms with Gasteiger partial charge in [0.2, 0.25) is 26.9 Å².